The average Bonchev–Trinajstić information content (AvgIpc) is 3.66. The maximum atomic E-state index is 2.41. The second kappa shape index (κ2) is 15.1. The molecule has 0 fully saturated rings. The third-order valence-corrected chi connectivity index (χ3v) is 11.8. The quantitative estimate of drug-likeness (QED) is 0.150. The van der Waals surface area contributed by atoms with E-state index in [0.29, 0.717) is 0 Å². The fraction of sp³-hybridized carbons (Fsp3) is 0. The Morgan fingerprint density at radius 3 is 1.35 bits per heavy atom. The van der Waals surface area contributed by atoms with Crippen molar-refractivity contribution < 1.29 is 0 Å². The average molecular weight is 765 g/mol. The van der Waals surface area contributed by atoms with Crippen LogP contribution in [-0.2, 0) is 0 Å². The molecular formula is C58H40N2. The fourth-order valence-electron chi connectivity index (χ4n) is 8.92. The lowest BCUT2D eigenvalue weighted by Gasteiger charge is -2.26. The van der Waals surface area contributed by atoms with Crippen LogP contribution in [-0.4, -0.2) is 4.57 Å². The third kappa shape index (κ3) is 6.32. The summed E-state index contributed by atoms with van der Waals surface area (Å²) in [5.41, 5.74) is 16.6. The Bertz CT molecular complexity index is 3270. The summed E-state index contributed by atoms with van der Waals surface area (Å²) in [4.78, 5) is 2.33. The van der Waals surface area contributed by atoms with Gasteiger partial charge in [0.05, 0.1) is 11.0 Å². The molecule has 0 amide bonds. The lowest BCUT2D eigenvalue weighted by atomic mass is 9.91. The van der Waals surface area contributed by atoms with Crippen LogP contribution in [0.15, 0.2) is 243 Å². The predicted molar refractivity (Wildman–Crippen MR) is 255 cm³/mol. The second-order valence-electron chi connectivity index (χ2n) is 15.3. The molecule has 60 heavy (non-hydrogen) atoms. The van der Waals surface area contributed by atoms with Crippen molar-refractivity contribution in [2.75, 3.05) is 4.90 Å². The Morgan fingerprint density at radius 2 is 0.700 bits per heavy atom. The summed E-state index contributed by atoms with van der Waals surface area (Å²) in [6.07, 6.45) is 0. The number of rotatable bonds is 8. The topological polar surface area (TPSA) is 8.17 Å². The van der Waals surface area contributed by atoms with E-state index in [9.17, 15) is 0 Å². The van der Waals surface area contributed by atoms with Gasteiger partial charge in [-0.1, -0.05) is 176 Å². The van der Waals surface area contributed by atoms with Crippen LogP contribution in [0.1, 0.15) is 0 Å². The Hall–Kier alpha value is -7.94. The van der Waals surface area contributed by atoms with Crippen LogP contribution < -0.4 is 4.90 Å². The highest BCUT2D eigenvalue weighted by atomic mass is 15.1. The lowest BCUT2D eigenvalue weighted by molar-refractivity contribution is 1.18. The van der Waals surface area contributed by atoms with Gasteiger partial charge in [-0.15, -0.1) is 0 Å². The van der Waals surface area contributed by atoms with Gasteiger partial charge in [0, 0.05) is 33.5 Å². The molecule has 1 heterocycles. The van der Waals surface area contributed by atoms with Crippen LogP contribution in [0, 0.1) is 0 Å². The molecule has 11 aromatic rings. The summed E-state index contributed by atoms with van der Waals surface area (Å²) in [7, 11) is 0. The maximum absolute atomic E-state index is 2.41. The second-order valence-corrected chi connectivity index (χ2v) is 15.3. The Labute approximate surface area is 350 Å². The van der Waals surface area contributed by atoms with Gasteiger partial charge in [0.15, 0.2) is 0 Å². The van der Waals surface area contributed by atoms with Gasteiger partial charge in [0.25, 0.3) is 0 Å². The summed E-state index contributed by atoms with van der Waals surface area (Å²) in [5, 5.41) is 4.97. The number of fused-ring (bicyclic) bond motifs is 4. The van der Waals surface area contributed by atoms with E-state index >= 15 is 0 Å². The molecule has 2 nitrogen and oxygen atoms in total. The smallest absolute Gasteiger partial charge is 0.0541 e. The van der Waals surface area contributed by atoms with Crippen LogP contribution in [0.3, 0.4) is 0 Å². The maximum Gasteiger partial charge on any atom is 0.0541 e. The Balaban J connectivity index is 0.964. The summed E-state index contributed by atoms with van der Waals surface area (Å²) < 4.78 is 2.41. The van der Waals surface area contributed by atoms with Crippen molar-refractivity contribution in [1.29, 1.82) is 0 Å². The van der Waals surface area contributed by atoms with E-state index in [1.807, 2.05) is 0 Å². The van der Waals surface area contributed by atoms with Gasteiger partial charge in [-0.05, 0) is 122 Å². The molecule has 11 rings (SSSR count). The highest BCUT2D eigenvalue weighted by molar-refractivity contribution is 6.12. The van der Waals surface area contributed by atoms with Crippen LogP contribution in [0.4, 0.5) is 17.1 Å². The monoisotopic (exact) mass is 764 g/mol. The largest absolute Gasteiger partial charge is 0.311 e. The summed E-state index contributed by atoms with van der Waals surface area (Å²) in [6, 6.07) is 87.7. The minimum Gasteiger partial charge on any atom is -0.311 e. The van der Waals surface area contributed by atoms with Crippen molar-refractivity contribution in [2.45, 2.75) is 0 Å². The van der Waals surface area contributed by atoms with Gasteiger partial charge < -0.3 is 9.47 Å². The van der Waals surface area contributed by atoms with Crippen molar-refractivity contribution in [3.63, 3.8) is 0 Å². The number of hydrogen-bond donors (Lipinski definition) is 0. The molecule has 0 N–H and O–H groups in total. The Morgan fingerprint density at radius 1 is 0.250 bits per heavy atom. The summed E-state index contributed by atoms with van der Waals surface area (Å²) in [6.45, 7) is 0. The third-order valence-electron chi connectivity index (χ3n) is 11.8. The first-order valence-corrected chi connectivity index (χ1v) is 20.6. The normalized spacial score (nSPS) is 11.3. The fourth-order valence-corrected chi connectivity index (χ4v) is 8.92. The number of hydrogen-bond acceptors (Lipinski definition) is 1. The minimum atomic E-state index is 1.11. The van der Waals surface area contributed by atoms with Crippen LogP contribution in [0.5, 0.6) is 0 Å². The van der Waals surface area contributed by atoms with Crippen molar-refractivity contribution in [2.24, 2.45) is 0 Å². The Kier molecular flexibility index (Phi) is 8.87. The molecule has 1 aromatic heterocycles. The molecule has 0 aliphatic carbocycles. The zero-order valence-corrected chi connectivity index (χ0v) is 33.0. The van der Waals surface area contributed by atoms with Crippen molar-refractivity contribution in [1.82, 2.24) is 4.57 Å². The lowest BCUT2D eigenvalue weighted by Crippen LogP contribution is -2.09. The molecule has 282 valence electrons. The number of benzene rings is 10. The number of para-hydroxylation sites is 2. The first kappa shape index (κ1) is 35.2. The number of anilines is 3. The predicted octanol–water partition coefficient (Wildman–Crippen LogP) is 16.1. The van der Waals surface area contributed by atoms with Gasteiger partial charge >= 0.3 is 0 Å². The van der Waals surface area contributed by atoms with E-state index in [2.05, 4.69) is 252 Å². The highest BCUT2D eigenvalue weighted by Crippen LogP contribution is 2.41. The summed E-state index contributed by atoms with van der Waals surface area (Å²) >= 11 is 0. The van der Waals surface area contributed by atoms with Gasteiger partial charge in [-0.3, -0.25) is 0 Å². The molecule has 0 saturated carbocycles. The van der Waals surface area contributed by atoms with E-state index in [0.717, 1.165) is 22.7 Å². The van der Waals surface area contributed by atoms with E-state index < -0.39 is 0 Å². The number of aromatic nitrogens is 1. The van der Waals surface area contributed by atoms with Crippen LogP contribution in [0.25, 0.3) is 82.8 Å². The molecule has 0 unspecified atom stereocenters. The molecule has 0 bridgehead atoms. The molecule has 2 heteroatoms. The molecule has 0 saturated heterocycles. The van der Waals surface area contributed by atoms with Gasteiger partial charge in [-0.2, -0.15) is 0 Å². The van der Waals surface area contributed by atoms with E-state index in [-0.39, 0.29) is 0 Å². The molecule has 0 spiro atoms. The first-order valence-electron chi connectivity index (χ1n) is 20.6. The van der Waals surface area contributed by atoms with Crippen LogP contribution >= 0.6 is 0 Å². The SMILES string of the molecule is c1ccc(-c2ccc(N(c3ccccc3)c3ccc(-c4ccc(-c5ccc6c(c5)c5ccccc5n6-c5cccc(-c6ccccc6)c5)c5ccccc45)cc3)cc2)cc1. The molecule has 0 atom stereocenters. The standard InChI is InChI=1S/C58H40N2/c1-4-15-41(16-5-1)43-27-32-48(33-28-43)59(47-20-8-3-9-21-47)49-34-29-44(30-35-49)51-36-37-52(54-24-11-10-23-53(51)54)46-31-38-58-56(40-46)55-25-12-13-26-57(55)60(58)50-22-14-19-45(39-50)42-17-6-2-7-18-42/h1-40H. The minimum absolute atomic E-state index is 1.11. The van der Waals surface area contributed by atoms with E-state index in [1.165, 1.54) is 77.1 Å². The van der Waals surface area contributed by atoms with Crippen molar-refractivity contribution in [3.8, 4) is 50.2 Å². The highest BCUT2D eigenvalue weighted by Gasteiger charge is 2.17. The molecule has 0 aliphatic rings. The molecular weight excluding hydrogens is 725 g/mol. The number of nitrogens with zero attached hydrogens (tertiary/aromatic N) is 2. The molecule has 10 aromatic carbocycles. The molecule has 0 radical (unpaired) electrons. The van der Waals surface area contributed by atoms with E-state index in [1.54, 1.807) is 0 Å². The van der Waals surface area contributed by atoms with Gasteiger partial charge in [-0.25, -0.2) is 0 Å². The summed E-state index contributed by atoms with van der Waals surface area (Å²) in [5.74, 6) is 0. The zero-order chi connectivity index (χ0) is 39.8. The van der Waals surface area contributed by atoms with Crippen molar-refractivity contribution in [3.05, 3.63) is 243 Å². The van der Waals surface area contributed by atoms with E-state index in [4.69, 9.17) is 0 Å². The first-order chi connectivity index (χ1) is 29.8. The van der Waals surface area contributed by atoms with Gasteiger partial charge in [0.1, 0.15) is 0 Å². The van der Waals surface area contributed by atoms with Gasteiger partial charge in [0.2, 0.25) is 0 Å². The van der Waals surface area contributed by atoms with Crippen LogP contribution in [0.2, 0.25) is 0 Å². The zero-order valence-electron chi connectivity index (χ0n) is 33.0. The van der Waals surface area contributed by atoms with Crippen molar-refractivity contribution >= 4 is 49.6 Å². The molecule has 0 aliphatic heterocycles.